The number of hydrogen-bond donors (Lipinski definition) is 0. The maximum atomic E-state index is 11.2. The van der Waals surface area contributed by atoms with E-state index in [1.165, 1.54) is 10.5 Å². The summed E-state index contributed by atoms with van der Waals surface area (Å²) in [5, 5.41) is 0. The van der Waals surface area contributed by atoms with E-state index in [0.717, 1.165) is 12.0 Å². The molecule has 0 saturated heterocycles. The number of hydrogen-bond acceptors (Lipinski definition) is 2. The molecule has 0 amide bonds. The van der Waals surface area contributed by atoms with E-state index in [0.29, 0.717) is 0 Å². The van der Waals surface area contributed by atoms with Gasteiger partial charge in [0.05, 0.1) is 0 Å². The smallest absolute Gasteiger partial charge is 0.159 e. The van der Waals surface area contributed by atoms with Gasteiger partial charge in [0.25, 0.3) is 0 Å². The second kappa shape index (κ2) is 4.47. The lowest BCUT2D eigenvalue weighted by molar-refractivity contribution is 0.101. The molecule has 1 nitrogen and oxygen atoms in total. The Bertz CT molecular complexity index is 296. The van der Waals surface area contributed by atoms with E-state index in [4.69, 9.17) is 0 Å². The minimum atomic E-state index is 0.144. The van der Waals surface area contributed by atoms with Crippen LogP contribution in [-0.4, -0.2) is 12.0 Å². The zero-order valence-electron chi connectivity index (χ0n) is 8.26. The van der Waals surface area contributed by atoms with E-state index < -0.39 is 0 Å². The molecule has 0 aliphatic carbocycles. The molecule has 2 heteroatoms. The summed E-state index contributed by atoms with van der Waals surface area (Å²) in [4.78, 5) is 12.3. The third-order valence-corrected chi connectivity index (χ3v) is 2.72. The Balaban J connectivity index is 3.14. The number of benzene rings is 1. The number of thioether (sulfide) groups is 1. The molecule has 0 spiro atoms. The number of carbonyl (C=O) groups excluding carboxylic acids is 1. The number of rotatable bonds is 3. The number of carbonyl (C=O) groups is 1. The Morgan fingerprint density at radius 2 is 2.08 bits per heavy atom. The highest BCUT2D eigenvalue weighted by Crippen LogP contribution is 2.19. The zero-order valence-corrected chi connectivity index (χ0v) is 9.07. The van der Waals surface area contributed by atoms with Crippen molar-refractivity contribution in [3.63, 3.8) is 0 Å². The molecule has 70 valence electrons. The molecule has 0 unspecified atom stereocenters. The lowest BCUT2D eigenvalue weighted by atomic mass is 10.1. The molecule has 0 N–H and O–H groups in total. The molecule has 1 aromatic rings. The van der Waals surface area contributed by atoms with Crippen LogP contribution in [0.15, 0.2) is 23.1 Å². The van der Waals surface area contributed by atoms with Crippen LogP contribution in [0.4, 0.5) is 0 Å². The van der Waals surface area contributed by atoms with Crippen LogP contribution in [0.2, 0.25) is 0 Å². The molecule has 0 aromatic heterocycles. The largest absolute Gasteiger partial charge is 0.295 e. The number of Topliss-reactive ketones (excluding diaryl/α,β-unsaturated/α-hetero) is 1. The first-order valence-corrected chi connectivity index (χ1v) is 5.58. The molecular formula is C11H14OS. The molecule has 0 aliphatic rings. The molecule has 0 saturated carbocycles. The van der Waals surface area contributed by atoms with Gasteiger partial charge in [0.2, 0.25) is 0 Å². The molecule has 0 heterocycles. The fourth-order valence-corrected chi connectivity index (χ4v) is 1.70. The Hall–Kier alpha value is -0.760. The van der Waals surface area contributed by atoms with E-state index in [1.54, 1.807) is 18.7 Å². The standard InChI is InChI=1S/C11H14OS/c1-4-9-5-10(8(2)12)7-11(6-9)13-3/h5-7H,4H2,1-3H3. The molecule has 0 fully saturated rings. The van der Waals surface area contributed by atoms with Crippen molar-refractivity contribution < 1.29 is 4.79 Å². The molecule has 0 bridgehead atoms. The fraction of sp³-hybridized carbons (Fsp3) is 0.364. The van der Waals surface area contributed by atoms with Crippen molar-refractivity contribution >= 4 is 17.5 Å². The first-order chi connectivity index (χ1) is 6.17. The van der Waals surface area contributed by atoms with Crippen LogP contribution in [0.5, 0.6) is 0 Å². The van der Waals surface area contributed by atoms with Crippen molar-refractivity contribution in [3.8, 4) is 0 Å². The van der Waals surface area contributed by atoms with Gasteiger partial charge in [0, 0.05) is 10.5 Å². The Morgan fingerprint density at radius 1 is 1.38 bits per heavy atom. The van der Waals surface area contributed by atoms with Gasteiger partial charge in [-0.2, -0.15) is 0 Å². The van der Waals surface area contributed by atoms with Crippen LogP contribution >= 0.6 is 11.8 Å². The maximum absolute atomic E-state index is 11.2. The Kier molecular flexibility index (Phi) is 3.55. The molecule has 0 atom stereocenters. The summed E-state index contributed by atoms with van der Waals surface area (Å²) < 4.78 is 0. The van der Waals surface area contributed by atoms with Crippen LogP contribution < -0.4 is 0 Å². The average molecular weight is 194 g/mol. The summed E-state index contributed by atoms with van der Waals surface area (Å²) in [6, 6.07) is 6.06. The highest BCUT2D eigenvalue weighted by Gasteiger charge is 2.02. The Labute approximate surface area is 83.5 Å². The van der Waals surface area contributed by atoms with Gasteiger partial charge in [-0.1, -0.05) is 6.92 Å². The molecule has 0 radical (unpaired) electrons. The Morgan fingerprint density at radius 3 is 2.54 bits per heavy atom. The van der Waals surface area contributed by atoms with Crippen molar-refractivity contribution in [1.82, 2.24) is 0 Å². The van der Waals surface area contributed by atoms with Gasteiger partial charge in [-0.25, -0.2) is 0 Å². The SMILES string of the molecule is CCc1cc(SC)cc(C(C)=O)c1. The van der Waals surface area contributed by atoms with Crippen LogP contribution in [-0.2, 0) is 6.42 Å². The van der Waals surface area contributed by atoms with E-state index in [2.05, 4.69) is 13.0 Å². The van der Waals surface area contributed by atoms with Crippen molar-refractivity contribution in [2.45, 2.75) is 25.2 Å². The number of aryl methyl sites for hydroxylation is 1. The average Bonchev–Trinajstić information content (AvgIpc) is 2.16. The van der Waals surface area contributed by atoms with Crippen LogP contribution in [0.1, 0.15) is 29.8 Å². The predicted octanol–water partition coefficient (Wildman–Crippen LogP) is 3.17. The van der Waals surface area contributed by atoms with Crippen LogP contribution in [0.3, 0.4) is 0 Å². The maximum Gasteiger partial charge on any atom is 0.159 e. The summed E-state index contributed by atoms with van der Waals surface area (Å²) >= 11 is 1.68. The van der Waals surface area contributed by atoms with Crippen LogP contribution in [0, 0.1) is 0 Å². The lowest BCUT2D eigenvalue weighted by Gasteiger charge is -2.04. The normalized spacial score (nSPS) is 10.1. The predicted molar refractivity (Wildman–Crippen MR) is 57.6 cm³/mol. The van der Waals surface area contributed by atoms with Gasteiger partial charge in [-0.05, 0) is 43.4 Å². The zero-order chi connectivity index (χ0) is 9.84. The van der Waals surface area contributed by atoms with Gasteiger partial charge in [-0.3, -0.25) is 4.79 Å². The van der Waals surface area contributed by atoms with Gasteiger partial charge >= 0.3 is 0 Å². The monoisotopic (exact) mass is 194 g/mol. The van der Waals surface area contributed by atoms with Crippen LogP contribution in [0.25, 0.3) is 0 Å². The molecular weight excluding hydrogens is 180 g/mol. The van der Waals surface area contributed by atoms with Gasteiger partial charge in [0.15, 0.2) is 5.78 Å². The minimum absolute atomic E-state index is 0.144. The highest BCUT2D eigenvalue weighted by atomic mass is 32.2. The summed E-state index contributed by atoms with van der Waals surface area (Å²) in [5.41, 5.74) is 2.06. The quantitative estimate of drug-likeness (QED) is 0.543. The van der Waals surface area contributed by atoms with Crippen molar-refractivity contribution in [3.05, 3.63) is 29.3 Å². The molecule has 0 aliphatic heterocycles. The van der Waals surface area contributed by atoms with Crippen molar-refractivity contribution in [1.29, 1.82) is 0 Å². The number of ketones is 1. The summed E-state index contributed by atoms with van der Waals surface area (Å²) in [5.74, 6) is 0.144. The van der Waals surface area contributed by atoms with E-state index in [-0.39, 0.29) is 5.78 Å². The van der Waals surface area contributed by atoms with E-state index in [9.17, 15) is 4.79 Å². The minimum Gasteiger partial charge on any atom is -0.295 e. The first-order valence-electron chi connectivity index (χ1n) is 4.36. The fourth-order valence-electron chi connectivity index (χ4n) is 1.19. The summed E-state index contributed by atoms with van der Waals surface area (Å²) in [7, 11) is 0. The third-order valence-electron chi connectivity index (χ3n) is 2.02. The summed E-state index contributed by atoms with van der Waals surface area (Å²) in [6.45, 7) is 3.71. The van der Waals surface area contributed by atoms with E-state index in [1.807, 2.05) is 18.4 Å². The van der Waals surface area contributed by atoms with Crippen molar-refractivity contribution in [2.75, 3.05) is 6.26 Å². The lowest BCUT2D eigenvalue weighted by Crippen LogP contribution is -1.94. The molecule has 1 rings (SSSR count). The second-order valence-electron chi connectivity index (χ2n) is 2.98. The molecule has 1 aromatic carbocycles. The topological polar surface area (TPSA) is 17.1 Å². The third kappa shape index (κ3) is 2.59. The highest BCUT2D eigenvalue weighted by molar-refractivity contribution is 7.98. The summed E-state index contributed by atoms with van der Waals surface area (Å²) in [6.07, 6.45) is 3.01. The van der Waals surface area contributed by atoms with Gasteiger partial charge < -0.3 is 0 Å². The van der Waals surface area contributed by atoms with Gasteiger partial charge in [0.1, 0.15) is 0 Å². The molecule has 13 heavy (non-hydrogen) atoms. The van der Waals surface area contributed by atoms with Gasteiger partial charge in [-0.15, -0.1) is 11.8 Å². The first kappa shape index (κ1) is 10.3. The van der Waals surface area contributed by atoms with Crippen molar-refractivity contribution in [2.24, 2.45) is 0 Å². The second-order valence-corrected chi connectivity index (χ2v) is 3.86. The van der Waals surface area contributed by atoms with E-state index >= 15 is 0 Å².